The third kappa shape index (κ3) is 3.23. The summed E-state index contributed by atoms with van der Waals surface area (Å²) in [6, 6.07) is 8.40. The Hall–Kier alpha value is -1.49. The molecular weight excluding hydrogens is 290 g/mol. The summed E-state index contributed by atoms with van der Waals surface area (Å²) in [4.78, 5) is 3.64. The Bertz CT molecular complexity index is 532. The minimum atomic E-state index is -0.694. The molecule has 2 aromatic rings. The normalized spacial score (nSPS) is 10.3. The van der Waals surface area contributed by atoms with Crippen molar-refractivity contribution in [2.45, 2.75) is 6.54 Å². The number of hydrogen-bond donors (Lipinski definition) is 1. The molecule has 2 nitrogen and oxygen atoms in total. The maximum absolute atomic E-state index is 13.3. The second-order valence-corrected chi connectivity index (χ2v) is 4.38. The van der Waals surface area contributed by atoms with E-state index in [0.29, 0.717) is 6.54 Å². The highest BCUT2D eigenvalue weighted by Gasteiger charge is 2.04. The molecule has 0 spiro atoms. The lowest BCUT2D eigenvalue weighted by Crippen LogP contribution is -2.03. The van der Waals surface area contributed by atoms with Gasteiger partial charge in [-0.15, -0.1) is 0 Å². The molecule has 0 atom stereocenters. The molecule has 0 unspecified atom stereocenters. The van der Waals surface area contributed by atoms with Gasteiger partial charge >= 0.3 is 0 Å². The third-order valence-electron chi connectivity index (χ3n) is 2.16. The molecule has 2 rings (SSSR count). The van der Waals surface area contributed by atoms with E-state index >= 15 is 0 Å². The molecule has 1 aromatic carbocycles. The fourth-order valence-corrected chi connectivity index (χ4v) is 1.82. The van der Waals surface area contributed by atoms with Gasteiger partial charge in [0.25, 0.3) is 0 Å². The molecule has 0 aliphatic carbocycles. The fourth-order valence-electron chi connectivity index (χ4n) is 1.38. The van der Waals surface area contributed by atoms with Crippen LogP contribution in [0.1, 0.15) is 5.56 Å². The summed E-state index contributed by atoms with van der Waals surface area (Å²) in [5, 5.41) is 2.81. The van der Waals surface area contributed by atoms with Crippen molar-refractivity contribution in [3.05, 3.63) is 58.2 Å². The largest absolute Gasteiger partial charge is 0.364 e. The first-order chi connectivity index (χ1) is 8.15. The van der Waals surface area contributed by atoms with Crippen molar-refractivity contribution >= 4 is 21.7 Å². The number of rotatable bonds is 3. The van der Waals surface area contributed by atoms with Crippen molar-refractivity contribution < 1.29 is 8.78 Å². The van der Waals surface area contributed by atoms with Gasteiger partial charge in [0.1, 0.15) is 5.82 Å². The molecule has 0 amide bonds. The summed E-state index contributed by atoms with van der Waals surface area (Å²) in [6.45, 7) is 0.426. The molecule has 1 heterocycles. The molecule has 17 heavy (non-hydrogen) atoms. The minimum Gasteiger partial charge on any atom is -0.364 e. The van der Waals surface area contributed by atoms with Crippen LogP contribution >= 0.6 is 15.9 Å². The first kappa shape index (κ1) is 12.0. The number of aromatic nitrogens is 1. The third-order valence-corrected chi connectivity index (χ3v) is 2.65. The monoisotopic (exact) mass is 298 g/mol. The van der Waals surface area contributed by atoms with Crippen LogP contribution in [0.15, 0.2) is 41.0 Å². The van der Waals surface area contributed by atoms with Crippen molar-refractivity contribution in [1.82, 2.24) is 4.98 Å². The molecule has 0 fully saturated rings. The second-order valence-electron chi connectivity index (χ2n) is 3.47. The maximum atomic E-state index is 13.3. The van der Waals surface area contributed by atoms with E-state index in [1.807, 2.05) is 24.3 Å². The molecule has 0 radical (unpaired) electrons. The molecule has 0 saturated heterocycles. The van der Waals surface area contributed by atoms with Crippen LogP contribution in [0.5, 0.6) is 0 Å². The van der Waals surface area contributed by atoms with Gasteiger partial charge in [-0.2, -0.15) is 0 Å². The number of halogens is 3. The first-order valence-electron chi connectivity index (χ1n) is 4.94. The number of benzene rings is 1. The summed E-state index contributed by atoms with van der Waals surface area (Å²) in [7, 11) is 0. The topological polar surface area (TPSA) is 24.9 Å². The Morgan fingerprint density at radius 3 is 2.76 bits per heavy atom. The SMILES string of the molecule is Fc1cnc(NCc2cccc(Br)c2)c(F)c1. The molecule has 1 aromatic heterocycles. The van der Waals surface area contributed by atoms with Crippen molar-refractivity contribution in [3.8, 4) is 0 Å². The molecule has 5 heteroatoms. The van der Waals surface area contributed by atoms with Crippen LogP contribution in [-0.2, 0) is 6.54 Å². The predicted molar refractivity (Wildman–Crippen MR) is 65.6 cm³/mol. The van der Waals surface area contributed by atoms with Gasteiger partial charge in [0, 0.05) is 17.1 Å². The zero-order valence-corrected chi connectivity index (χ0v) is 10.3. The van der Waals surface area contributed by atoms with Crippen LogP contribution < -0.4 is 5.32 Å². The lowest BCUT2D eigenvalue weighted by Gasteiger charge is -2.06. The summed E-state index contributed by atoms with van der Waals surface area (Å²) in [5.41, 5.74) is 0.977. The van der Waals surface area contributed by atoms with Gasteiger partial charge in [-0.05, 0) is 17.7 Å². The second kappa shape index (κ2) is 5.23. The zero-order chi connectivity index (χ0) is 12.3. The molecule has 0 saturated carbocycles. The van der Waals surface area contributed by atoms with Crippen LogP contribution in [0.25, 0.3) is 0 Å². The van der Waals surface area contributed by atoms with Crippen LogP contribution in [-0.4, -0.2) is 4.98 Å². The van der Waals surface area contributed by atoms with Gasteiger partial charge in [0.05, 0.1) is 6.20 Å². The summed E-state index contributed by atoms with van der Waals surface area (Å²) >= 11 is 3.35. The van der Waals surface area contributed by atoms with Crippen molar-refractivity contribution in [2.24, 2.45) is 0 Å². The van der Waals surface area contributed by atoms with Crippen LogP contribution in [0.4, 0.5) is 14.6 Å². The number of nitrogens with one attached hydrogen (secondary N) is 1. The maximum Gasteiger partial charge on any atom is 0.168 e. The van der Waals surface area contributed by atoms with E-state index in [1.165, 1.54) is 0 Å². The standard InChI is InChI=1S/C12H9BrF2N2/c13-9-3-1-2-8(4-9)6-16-12-11(15)5-10(14)7-17-12/h1-5,7H,6H2,(H,16,17). The molecular formula is C12H9BrF2N2. The van der Waals surface area contributed by atoms with Crippen molar-refractivity contribution in [1.29, 1.82) is 0 Å². The quantitative estimate of drug-likeness (QED) is 0.934. The lowest BCUT2D eigenvalue weighted by molar-refractivity contribution is 0.575. The molecule has 0 aliphatic rings. The van der Waals surface area contributed by atoms with E-state index in [2.05, 4.69) is 26.2 Å². The van der Waals surface area contributed by atoms with E-state index in [1.54, 1.807) is 0 Å². The summed E-state index contributed by atoms with van der Waals surface area (Å²) in [5.74, 6) is -1.33. The predicted octanol–water partition coefficient (Wildman–Crippen LogP) is 3.73. The van der Waals surface area contributed by atoms with Gasteiger partial charge in [-0.1, -0.05) is 28.1 Å². The highest BCUT2D eigenvalue weighted by molar-refractivity contribution is 9.10. The summed E-state index contributed by atoms with van der Waals surface area (Å²) < 4.78 is 26.8. The van der Waals surface area contributed by atoms with Crippen LogP contribution in [0.2, 0.25) is 0 Å². The Balaban J connectivity index is 2.07. The average molecular weight is 299 g/mol. The molecule has 0 aliphatic heterocycles. The Morgan fingerprint density at radius 1 is 1.24 bits per heavy atom. The van der Waals surface area contributed by atoms with E-state index in [0.717, 1.165) is 22.3 Å². The van der Waals surface area contributed by atoms with E-state index in [4.69, 9.17) is 0 Å². The fraction of sp³-hybridized carbons (Fsp3) is 0.0833. The number of nitrogens with zero attached hydrogens (tertiary/aromatic N) is 1. The number of hydrogen-bond acceptors (Lipinski definition) is 2. The zero-order valence-electron chi connectivity index (χ0n) is 8.75. The molecule has 1 N–H and O–H groups in total. The highest BCUT2D eigenvalue weighted by atomic mass is 79.9. The van der Waals surface area contributed by atoms with E-state index < -0.39 is 11.6 Å². The summed E-state index contributed by atoms with van der Waals surface area (Å²) in [6.07, 6.45) is 0.978. The Labute approximate surface area is 106 Å². The van der Waals surface area contributed by atoms with Crippen LogP contribution in [0.3, 0.4) is 0 Å². The van der Waals surface area contributed by atoms with Gasteiger partial charge in [-0.25, -0.2) is 13.8 Å². The average Bonchev–Trinajstić information content (AvgIpc) is 2.28. The lowest BCUT2D eigenvalue weighted by atomic mass is 10.2. The number of pyridine rings is 1. The first-order valence-corrected chi connectivity index (χ1v) is 5.74. The van der Waals surface area contributed by atoms with Crippen molar-refractivity contribution in [3.63, 3.8) is 0 Å². The smallest absolute Gasteiger partial charge is 0.168 e. The number of anilines is 1. The van der Waals surface area contributed by atoms with Crippen LogP contribution in [0, 0.1) is 11.6 Å². The van der Waals surface area contributed by atoms with Crippen molar-refractivity contribution in [2.75, 3.05) is 5.32 Å². The Morgan fingerprint density at radius 2 is 2.06 bits per heavy atom. The molecule has 0 bridgehead atoms. The highest BCUT2D eigenvalue weighted by Crippen LogP contribution is 2.15. The van der Waals surface area contributed by atoms with Gasteiger partial charge < -0.3 is 5.32 Å². The van der Waals surface area contributed by atoms with E-state index in [9.17, 15) is 8.78 Å². The van der Waals surface area contributed by atoms with Gasteiger partial charge in [0.2, 0.25) is 0 Å². The Kier molecular flexibility index (Phi) is 3.68. The van der Waals surface area contributed by atoms with Gasteiger partial charge in [-0.3, -0.25) is 0 Å². The minimum absolute atomic E-state index is 0.0476. The van der Waals surface area contributed by atoms with Gasteiger partial charge in [0.15, 0.2) is 11.6 Å². The molecule has 88 valence electrons. The van der Waals surface area contributed by atoms with E-state index in [-0.39, 0.29) is 5.82 Å².